The molecule has 4 rings (SSSR count). The van der Waals surface area contributed by atoms with Gasteiger partial charge in [-0.1, -0.05) is 12.2 Å². The summed E-state index contributed by atoms with van der Waals surface area (Å²) < 4.78 is 0. The fraction of sp³-hybridized carbons (Fsp3) is 0.526. The maximum Gasteiger partial charge on any atom is 0.269 e. The number of benzene rings is 1. The van der Waals surface area contributed by atoms with E-state index in [1.54, 1.807) is 12.1 Å². The lowest BCUT2D eigenvalue weighted by Gasteiger charge is -2.37. The molecule has 3 atom stereocenters. The van der Waals surface area contributed by atoms with Crippen LogP contribution in [-0.2, 0) is 0 Å². The zero-order valence-electron chi connectivity index (χ0n) is 14.2. The van der Waals surface area contributed by atoms with Gasteiger partial charge in [-0.3, -0.25) is 19.8 Å². The van der Waals surface area contributed by atoms with Crippen molar-refractivity contribution in [3.63, 3.8) is 0 Å². The van der Waals surface area contributed by atoms with Gasteiger partial charge in [-0.2, -0.15) is 0 Å². The van der Waals surface area contributed by atoms with Gasteiger partial charge in [-0.15, -0.1) is 0 Å². The van der Waals surface area contributed by atoms with E-state index in [9.17, 15) is 14.9 Å². The number of carbonyl (C=O) groups excluding carboxylic acids is 1. The second kappa shape index (κ2) is 6.59. The first-order chi connectivity index (χ1) is 12.1. The Morgan fingerprint density at radius 1 is 1.08 bits per heavy atom. The third-order valence-electron chi connectivity index (χ3n) is 5.89. The van der Waals surface area contributed by atoms with Gasteiger partial charge in [0, 0.05) is 50.4 Å². The molecule has 6 heteroatoms. The van der Waals surface area contributed by atoms with Crippen LogP contribution in [0.4, 0.5) is 5.69 Å². The quantitative estimate of drug-likeness (QED) is 0.480. The number of nitro benzene ring substituents is 1. The molecule has 1 saturated carbocycles. The summed E-state index contributed by atoms with van der Waals surface area (Å²) in [6.07, 6.45) is 7.43. The highest BCUT2D eigenvalue weighted by molar-refractivity contribution is 5.94. The van der Waals surface area contributed by atoms with Crippen molar-refractivity contribution in [1.29, 1.82) is 0 Å². The number of fused-ring (bicyclic) bond motifs is 2. The molecule has 6 nitrogen and oxygen atoms in total. The number of amides is 1. The molecule has 0 N–H and O–H groups in total. The Morgan fingerprint density at radius 2 is 1.80 bits per heavy atom. The molecule has 0 spiro atoms. The average Bonchev–Trinajstić information content (AvgIpc) is 3.25. The highest BCUT2D eigenvalue weighted by atomic mass is 16.6. The van der Waals surface area contributed by atoms with Gasteiger partial charge in [0.15, 0.2) is 0 Å². The lowest BCUT2D eigenvalue weighted by atomic mass is 9.93. The van der Waals surface area contributed by atoms with Crippen LogP contribution in [0.2, 0.25) is 0 Å². The van der Waals surface area contributed by atoms with Crippen LogP contribution in [0, 0.1) is 27.9 Å². The summed E-state index contributed by atoms with van der Waals surface area (Å²) in [5, 5.41) is 10.7. The molecule has 1 heterocycles. The van der Waals surface area contributed by atoms with Gasteiger partial charge >= 0.3 is 0 Å². The number of non-ortho nitro benzene ring substituents is 1. The molecule has 0 unspecified atom stereocenters. The first-order valence-corrected chi connectivity index (χ1v) is 9.04. The zero-order chi connectivity index (χ0) is 17.4. The van der Waals surface area contributed by atoms with Gasteiger partial charge in [0.25, 0.3) is 11.6 Å². The predicted molar refractivity (Wildman–Crippen MR) is 94.3 cm³/mol. The van der Waals surface area contributed by atoms with Crippen molar-refractivity contribution in [3.05, 3.63) is 52.1 Å². The maximum atomic E-state index is 12.6. The first-order valence-electron chi connectivity index (χ1n) is 9.04. The molecule has 2 fully saturated rings. The highest BCUT2D eigenvalue weighted by Gasteiger charge is 2.36. The van der Waals surface area contributed by atoms with Crippen LogP contribution >= 0.6 is 0 Å². The number of rotatable bonds is 4. The Bertz CT molecular complexity index is 692. The second-order valence-electron chi connectivity index (χ2n) is 7.44. The van der Waals surface area contributed by atoms with Crippen molar-refractivity contribution < 1.29 is 9.72 Å². The van der Waals surface area contributed by atoms with Gasteiger partial charge < -0.3 is 4.90 Å². The average molecular weight is 341 g/mol. The Hall–Kier alpha value is -2.21. The van der Waals surface area contributed by atoms with Crippen LogP contribution < -0.4 is 0 Å². The highest BCUT2D eigenvalue weighted by Crippen LogP contribution is 2.43. The first kappa shape index (κ1) is 16.3. The van der Waals surface area contributed by atoms with Crippen LogP contribution in [0.1, 0.15) is 23.2 Å². The largest absolute Gasteiger partial charge is 0.336 e. The van der Waals surface area contributed by atoms with Gasteiger partial charge in [-0.05, 0) is 42.7 Å². The van der Waals surface area contributed by atoms with E-state index in [-0.39, 0.29) is 11.6 Å². The summed E-state index contributed by atoms with van der Waals surface area (Å²) in [6.45, 7) is 4.43. The summed E-state index contributed by atoms with van der Waals surface area (Å²) in [4.78, 5) is 27.2. The van der Waals surface area contributed by atoms with Gasteiger partial charge in [-0.25, -0.2) is 0 Å². The summed E-state index contributed by atoms with van der Waals surface area (Å²) in [5.74, 6) is 2.33. The zero-order valence-corrected chi connectivity index (χ0v) is 14.2. The molecular formula is C19H23N3O3. The number of hydrogen-bond donors (Lipinski definition) is 0. The Labute approximate surface area is 147 Å². The monoisotopic (exact) mass is 341 g/mol. The van der Waals surface area contributed by atoms with E-state index in [2.05, 4.69) is 17.1 Å². The van der Waals surface area contributed by atoms with E-state index in [0.717, 1.165) is 50.5 Å². The number of allylic oxidation sites excluding steroid dienone is 2. The standard InChI is InChI=1S/C19H23N3O3/c23-19(15-3-5-18(6-4-15)22(24)25)21-9-7-20(8-10-21)13-17-12-14-1-2-16(17)11-14/h1-6,14,16-17H,7-13H2/t14-,16+,17+/m1/s1. The molecule has 2 bridgehead atoms. The molecule has 1 aromatic rings. The number of piperazine rings is 1. The summed E-state index contributed by atoms with van der Waals surface area (Å²) in [6, 6.07) is 5.89. The van der Waals surface area contributed by atoms with E-state index in [0.29, 0.717) is 5.56 Å². The molecular weight excluding hydrogens is 318 g/mol. The third kappa shape index (κ3) is 3.31. The summed E-state index contributed by atoms with van der Waals surface area (Å²) in [5.41, 5.74) is 0.540. The van der Waals surface area contributed by atoms with Crippen molar-refractivity contribution in [3.8, 4) is 0 Å². The summed E-state index contributed by atoms with van der Waals surface area (Å²) in [7, 11) is 0. The topological polar surface area (TPSA) is 66.7 Å². The van der Waals surface area contributed by atoms with Crippen LogP contribution in [-0.4, -0.2) is 53.4 Å². The predicted octanol–water partition coefficient (Wildman–Crippen LogP) is 2.56. The molecule has 3 aliphatic rings. The van der Waals surface area contributed by atoms with E-state index < -0.39 is 4.92 Å². The van der Waals surface area contributed by atoms with E-state index in [4.69, 9.17) is 0 Å². The lowest BCUT2D eigenvalue weighted by molar-refractivity contribution is -0.384. The van der Waals surface area contributed by atoms with E-state index >= 15 is 0 Å². The molecule has 132 valence electrons. The fourth-order valence-corrected chi connectivity index (χ4v) is 4.48. The number of nitro groups is 1. The number of nitrogens with zero attached hydrogens (tertiary/aromatic N) is 3. The Kier molecular flexibility index (Phi) is 4.29. The fourth-order valence-electron chi connectivity index (χ4n) is 4.48. The number of hydrogen-bond acceptors (Lipinski definition) is 4. The lowest BCUT2D eigenvalue weighted by Crippen LogP contribution is -2.50. The van der Waals surface area contributed by atoms with Crippen molar-refractivity contribution in [2.45, 2.75) is 12.8 Å². The molecule has 1 aromatic carbocycles. The maximum absolute atomic E-state index is 12.6. The molecule has 2 aliphatic carbocycles. The Morgan fingerprint density at radius 3 is 2.36 bits per heavy atom. The van der Waals surface area contributed by atoms with Crippen LogP contribution in [0.3, 0.4) is 0 Å². The molecule has 1 amide bonds. The molecule has 1 saturated heterocycles. The van der Waals surface area contributed by atoms with Crippen LogP contribution in [0.15, 0.2) is 36.4 Å². The summed E-state index contributed by atoms with van der Waals surface area (Å²) >= 11 is 0. The number of carbonyl (C=O) groups is 1. The van der Waals surface area contributed by atoms with Crippen molar-refractivity contribution >= 4 is 11.6 Å². The van der Waals surface area contributed by atoms with Crippen LogP contribution in [0.25, 0.3) is 0 Å². The van der Waals surface area contributed by atoms with E-state index in [1.807, 2.05) is 4.90 Å². The van der Waals surface area contributed by atoms with Crippen LogP contribution in [0.5, 0.6) is 0 Å². The van der Waals surface area contributed by atoms with Crippen molar-refractivity contribution in [2.24, 2.45) is 17.8 Å². The van der Waals surface area contributed by atoms with Crippen molar-refractivity contribution in [2.75, 3.05) is 32.7 Å². The van der Waals surface area contributed by atoms with E-state index in [1.165, 1.54) is 25.0 Å². The van der Waals surface area contributed by atoms with Gasteiger partial charge in [0.1, 0.15) is 0 Å². The van der Waals surface area contributed by atoms with Crippen molar-refractivity contribution in [1.82, 2.24) is 9.80 Å². The minimum atomic E-state index is -0.447. The smallest absolute Gasteiger partial charge is 0.269 e. The second-order valence-corrected chi connectivity index (χ2v) is 7.44. The third-order valence-corrected chi connectivity index (χ3v) is 5.89. The molecule has 1 aliphatic heterocycles. The Balaban J connectivity index is 1.30. The van der Waals surface area contributed by atoms with Gasteiger partial charge in [0.2, 0.25) is 0 Å². The minimum Gasteiger partial charge on any atom is -0.336 e. The SMILES string of the molecule is O=C(c1ccc([N+](=O)[O-])cc1)N1CCN(C[C@@H]2C[C@@H]3C=C[C@H]2C3)CC1. The molecule has 0 radical (unpaired) electrons. The normalized spacial score (nSPS) is 28.5. The minimum absolute atomic E-state index is 0.0151. The molecule has 0 aromatic heterocycles. The van der Waals surface area contributed by atoms with Gasteiger partial charge in [0.05, 0.1) is 4.92 Å². The molecule has 25 heavy (non-hydrogen) atoms.